The molecule has 0 aromatic carbocycles. The van der Waals surface area contributed by atoms with Gasteiger partial charge in [0.05, 0.1) is 25.9 Å². The van der Waals surface area contributed by atoms with Crippen LogP contribution < -0.4 is 0 Å². The smallest absolute Gasteiger partial charge is 0.0675 e. The Morgan fingerprint density at radius 1 is 0.909 bits per heavy atom. The number of rotatable bonds is 2. The summed E-state index contributed by atoms with van der Waals surface area (Å²) in [5.74, 6) is 0. The van der Waals surface area contributed by atoms with Crippen molar-refractivity contribution in [3.8, 4) is 0 Å². The van der Waals surface area contributed by atoms with Gasteiger partial charge in [0.2, 0.25) is 0 Å². The Morgan fingerprint density at radius 3 is 2.09 bits per heavy atom. The Bertz CT molecular complexity index is 359. The molecule has 0 aromatic heterocycles. The summed E-state index contributed by atoms with van der Waals surface area (Å²) in [6.45, 7) is 20.7. The molecule has 0 aromatic rings. The molecular weight excluding hydrogens is 276 g/mol. The highest BCUT2D eigenvalue weighted by molar-refractivity contribution is 4.93. The monoisotopic (exact) mass is 312 g/mol. The van der Waals surface area contributed by atoms with Crippen molar-refractivity contribution in [2.24, 2.45) is 0 Å². The van der Waals surface area contributed by atoms with Crippen molar-refractivity contribution in [2.75, 3.05) is 32.9 Å². The summed E-state index contributed by atoms with van der Waals surface area (Å²) >= 11 is 0. The zero-order chi connectivity index (χ0) is 16.5. The first-order chi connectivity index (χ1) is 10.1. The van der Waals surface area contributed by atoms with Crippen molar-refractivity contribution in [1.29, 1.82) is 0 Å². The Balaban J connectivity index is 2.09. The fraction of sp³-hybridized carbons (Fsp3) is 1.00. The number of morpholine rings is 2. The third kappa shape index (κ3) is 4.44. The summed E-state index contributed by atoms with van der Waals surface area (Å²) in [7, 11) is 0. The largest absolute Gasteiger partial charge is 0.378 e. The van der Waals surface area contributed by atoms with Crippen molar-refractivity contribution in [3.63, 3.8) is 0 Å². The van der Waals surface area contributed by atoms with Crippen LogP contribution in [0.15, 0.2) is 0 Å². The second-order valence-corrected chi connectivity index (χ2v) is 8.95. The van der Waals surface area contributed by atoms with Crippen molar-refractivity contribution in [1.82, 2.24) is 9.80 Å². The molecule has 2 heterocycles. The van der Waals surface area contributed by atoms with E-state index in [9.17, 15) is 0 Å². The molecule has 0 spiro atoms. The molecule has 2 saturated heterocycles. The average molecular weight is 312 g/mol. The number of hydrogen-bond donors (Lipinski definition) is 0. The standard InChI is InChI=1S/C18H36N2O2/c1-14-11-20(18(5,6)7)16(13-22-14)10-15-12-21-9-8-19(15)17(2,3)4/h14-16H,8-13H2,1-7H3/t14?,15-,16?/m1/s1. The van der Waals surface area contributed by atoms with Crippen LogP contribution in [0.2, 0.25) is 0 Å². The number of nitrogens with zero attached hydrogens (tertiary/aromatic N) is 2. The minimum Gasteiger partial charge on any atom is -0.378 e. The summed E-state index contributed by atoms with van der Waals surface area (Å²) in [6.07, 6.45) is 1.46. The van der Waals surface area contributed by atoms with E-state index in [1.54, 1.807) is 0 Å². The quantitative estimate of drug-likeness (QED) is 0.783. The molecule has 0 bridgehead atoms. The third-order valence-corrected chi connectivity index (χ3v) is 4.96. The van der Waals surface area contributed by atoms with Crippen LogP contribution in [-0.4, -0.2) is 72.0 Å². The van der Waals surface area contributed by atoms with Gasteiger partial charge in [0.15, 0.2) is 0 Å². The molecule has 0 N–H and O–H groups in total. The maximum atomic E-state index is 5.98. The van der Waals surface area contributed by atoms with Gasteiger partial charge in [0.25, 0.3) is 0 Å². The molecule has 130 valence electrons. The zero-order valence-electron chi connectivity index (χ0n) is 15.7. The molecule has 0 saturated carbocycles. The van der Waals surface area contributed by atoms with Gasteiger partial charge in [0.1, 0.15) is 0 Å². The molecule has 2 aliphatic heterocycles. The molecule has 2 fully saturated rings. The number of ether oxygens (including phenoxy) is 2. The van der Waals surface area contributed by atoms with Crippen LogP contribution in [0, 0.1) is 0 Å². The summed E-state index contributed by atoms with van der Waals surface area (Å²) in [5, 5.41) is 0. The first-order valence-corrected chi connectivity index (χ1v) is 8.82. The van der Waals surface area contributed by atoms with E-state index in [2.05, 4.69) is 58.3 Å². The van der Waals surface area contributed by atoms with Gasteiger partial charge in [-0.1, -0.05) is 0 Å². The van der Waals surface area contributed by atoms with Crippen LogP contribution in [0.25, 0.3) is 0 Å². The zero-order valence-corrected chi connectivity index (χ0v) is 15.7. The number of hydrogen-bond acceptors (Lipinski definition) is 4. The highest BCUT2D eigenvalue weighted by atomic mass is 16.5. The first kappa shape index (κ1) is 18.2. The van der Waals surface area contributed by atoms with Gasteiger partial charge in [-0.25, -0.2) is 0 Å². The van der Waals surface area contributed by atoms with Crippen molar-refractivity contribution < 1.29 is 9.47 Å². The minimum atomic E-state index is 0.185. The maximum absolute atomic E-state index is 5.98. The van der Waals surface area contributed by atoms with Crippen LogP contribution in [0.4, 0.5) is 0 Å². The molecule has 4 nitrogen and oxygen atoms in total. The fourth-order valence-corrected chi connectivity index (χ4v) is 3.91. The average Bonchev–Trinajstić information content (AvgIpc) is 2.39. The van der Waals surface area contributed by atoms with E-state index in [0.29, 0.717) is 18.2 Å². The van der Waals surface area contributed by atoms with Crippen LogP contribution in [-0.2, 0) is 9.47 Å². The van der Waals surface area contributed by atoms with E-state index in [0.717, 1.165) is 39.3 Å². The van der Waals surface area contributed by atoms with Crippen LogP contribution in [0.3, 0.4) is 0 Å². The Morgan fingerprint density at radius 2 is 1.50 bits per heavy atom. The molecule has 0 radical (unpaired) electrons. The predicted molar refractivity (Wildman–Crippen MR) is 91.3 cm³/mol. The van der Waals surface area contributed by atoms with Gasteiger partial charge in [-0.3, -0.25) is 9.80 Å². The summed E-state index contributed by atoms with van der Waals surface area (Å²) in [6, 6.07) is 0.966. The van der Waals surface area contributed by atoms with Gasteiger partial charge in [-0.2, -0.15) is 0 Å². The second kappa shape index (κ2) is 6.76. The summed E-state index contributed by atoms with van der Waals surface area (Å²) in [4.78, 5) is 5.26. The van der Waals surface area contributed by atoms with E-state index in [1.807, 2.05) is 0 Å². The topological polar surface area (TPSA) is 24.9 Å². The van der Waals surface area contributed by atoms with E-state index < -0.39 is 0 Å². The van der Waals surface area contributed by atoms with Crippen LogP contribution in [0.5, 0.6) is 0 Å². The summed E-state index contributed by atoms with van der Waals surface area (Å²) in [5.41, 5.74) is 0.384. The van der Waals surface area contributed by atoms with Gasteiger partial charge in [-0.15, -0.1) is 0 Å². The van der Waals surface area contributed by atoms with E-state index in [4.69, 9.17) is 9.47 Å². The van der Waals surface area contributed by atoms with E-state index >= 15 is 0 Å². The lowest BCUT2D eigenvalue weighted by Gasteiger charge is -2.50. The molecule has 22 heavy (non-hydrogen) atoms. The van der Waals surface area contributed by atoms with E-state index in [-0.39, 0.29) is 11.1 Å². The van der Waals surface area contributed by atoms with Crippen LogP contribution in [0.1, 0.15) is 54.9 Å². The van der Waals surface area contributed by atoms with Gasteiger partial charge < -0.3 is 9.47 Å². The van der Waals surface area contributed by atoms with Crippen molar-refractivity contribution in [3.05, 3.63) is 0 Å². The Hall–Kier alpha value is -0.160. The fourth-order valence-electron chi connectivity index (χ4n) is 3.91. The molecule has 2 aliphatic rings. The third-order valence-electron chi connectivity index (χ3n) is 4.96. The van der Waals surface area contributed by atoms with Gasteiger partial charge in [0, 0.05) is 36.3 Å². The first-order valence-electron chi connectivity index (χ1n) is 8.82. The summed E-state index contributed by atoms with van der Waals surface area (Å²) < 4.78 is 11.8. The lowest BCUT2D eigenvalue weighted by Crippen LogP contribution is -2.61. The molecule has 2 unspecified atom stereocenters. The highest BCUT2D eigenvalue weighted by Crippen LogP contribution is 2.29. The maximum Gasteiger partial charge on any atom is 0.0675 e. The SMILES string of the molecule is CC1CN(C(C)(C)C)C(C[C@@H]2COCCN2C(C)(C)C)CO1. The normalized spacial score (nSPS) is 33.1. The van der Waals surface area contributed by atoms with Crippen molar-refractivity contribution in [2.45, 2.75) is 84.2 Å². The highest BCUT2D eigenvalue weighted by Gasteiger charge is 2.39. The van der Waals surface area contributed by atoms with E-state index in [1.165, 1.54) is 0 Å². The molecular formula is C18H36N2O2. The lowest BCUT2D eigenvalue weighted by atomic mass is 9.93. The predicted octanol–water partition coefficient (Wildman–Crippen LogP) is 2.76. The minimum absolute atomic E-state index is 0.185. The van der Waals surface area contributed by atoms with Gasteiger partial charge in [-0.05, 0) is 54.9 Å². The molecule has 0 amide bonds. The Kier molecular flexibility index (Phi) is 5.59. The van der Waals surface area contributed by atoms with Crippen molar-refractivity contribution >= 4 is 0 Å². The molecule has 2 rings (SSSR count). The lowest BCUT2D eigenvalue weighted by molar-refractivity contribution is -0.112. The molecule has 4 heteroatoms. The molecule has 3 atom stereocenters. The van der Waals surface area contributed by atoms with Crippen LogP contribution >= 0.6 is 0 Å². The Labute approximate surface area is 137 Å². The second-order valence-electron chi connectivity index (χ2n) is 8.95. The molecule has 0 aliphatic carbocycles. The van der Waals surface area contributed by atoms with Gasteiger partial charge >= 0.3 is 0 Å².